The van der Waals surface area contributed by atoms with Crippen LogP contribution in [0.5, 0.6) is 0 Å². The van der Waals surface area contributed by atoms with Crippen LogP contribution >= 0.6 is 0 Å². The molecule has 2 N–H and O–H groups in total. The number of rotatable bonds is 1. The van der Waals surface area contributed by atoms with Gasteiger partial charge in [0.1, 0.15) is 5.60 Å². The minimum absolute atomic E-state index is 0.711. The molecule has 3 nitrogen and oxygen atoms in total. The first-order valence-electron chi connectivity index (χ1n) is 5.08. The van der Waals surface area contributed by atoms with E-state index in [4.69, 9.17) is 0 Å². The van der Waals surface area contributed by atoms with Gasteiger partial charge in [-0.05, 0) is 45.0 Å². The van der Waals surface area contributed by atoms with E-state index in [1.807, 2.05) is 25.1 Å². The van der Waals surface area contributed by atoms with Gasteiger partial charge in [-0.1, -0.05) is 6.07 Å². The van der Waals surface area contributed by atoms with Gasteiger partial charge in [0, 0.05) is 5.69 Å². The Bertz CT molecular complexity index is 319. The molecule has 76 valence electrons. The summed E-state index contributed by atoms with van der Waals surface area (Å²) in [4.78, 5) is 4.39. The van der Waals surface area contributed by atoms with Gasteiger partial charge >= 0.3 is 0 Å². The van der Waals surface area contributed by atoms with Gasteiger partial charge in [0.2, 0.25) is 0 Å². The molecular formula is C11H16N2O. The zero-order valence-electron chi connectivity index (χ0n) is 8.45. The Morgan fingerprint density at radius 3 is 2.71 bits per heavy atom. The first kappa shape index (κ1) is 9.62. The monoisotopic (exact) mass is 192 g/mol. The zero-order valence-corrected chi connectivity index (χ0v) is 8.45. The van der Waals surface area contributed by atoms with E-state index in [2.05, 4.69) is 10.3 Å². The average molecular weight is 192 g/mol. The van der Waals surface area contributed by atoms with Crippen LogP contribution in [-0.2, 0) is 5.60 Å². The lowest BCUT2D eigenvalue weighted by molar-refractivity contribution is 0.00175. The molecule has 0 spiro atoms. The minimum Gasteiger partial charge on any atom is -0.383 e. The molecule has 0 bridgehead atoms. The molecule has 0 radical (unpaired) electrons. The highest BCUT2D eigenvalue weighted by atomic mass is 16.3. The molecule has 2 heterocycles. The van der Waals surface area contributed by atoms with Gasteiger partial charge in [0.25, 0.3) is 0 Å². The molecule has 3 heteroatoms. The first-order chi connectivity index (χ1) is 6.71. The van der Waals surface area contributed by atoms with Gasteiger partial charge in [-0.3, -0.25) is 4.98 Å². The fraction of sp³-hybridized carbons (Fsp3) is 0.545. The summed E-state index contributed by atoms with van der Waals surface area (Å²) in [5.74, 6) is 0. The molecule has 1 aliphatic heterocycles. The van der Waals surface area contributed by atoms with Crippen LogP contribution < -0.4 is 5.32 Å². The second-order valence-corrected chi connectivity index (χ2v) is 3.95. The molecule has 2 rings (SSSR count). The lowest BCUT2D eigenvalue weighted by Gasteiger charge is -2.32. The second-order valence-electron chi connectivity index (χ2n) is 3.95. The summed E-state index contributed by atoms with van der Waals surface area (Å²) in [6.45, 7) is 3.69. The van der Waals surface area contributed by atoms with Crippen molar-refractivity contribution < 1.29 is 5.11 Å². The Morgan fingerprint density at radius 1 is 1.36 bits per heavy atom. The standard InChI is InChI=1S/C11H16N2O/c1-9-3-2-4-10(13-9)11(14)5-7-12-8-6-11/h2-4,12,14H,5-8H2,1H3. The van der Waals surface area contributed by atoms with E-state index in [1.165, 1.54) is 0 Å². The molecule has 0 saturated carbocycles. The number of nitrogens with one attached hydrogen (secondary N) is 1. The predicted octanol–water partition coefficient (Wildman–Crippen LogP) is 0.961. The third-order valence-corrected chi connectivity index (χ3v) is 2.80. The van der Waals surface area contributed by atoms with Gasteiger partial charge in [-0.15, -0.1) is 0 Å². The Hall–Kier alpha value is -0.930. The molecular weight excluding hydrogens is 176 g/mol. The van der Waals surface area contributed by atoms with Crippen LogP contribution in [0.15, 0.2) is 18.2 Å². The minimum atomic E-state index is -0.711. The van der Waals surface area contributed by atoms with Crippen molar-refractivity contribution in [3.05, 3.63) is 29.6 Å². The summed E-state index contributed by atoms with van der Waals surface area (Å²) in [6, 6.07) is 5.82. The van der Waals surface area contributed by atoms with Gasteiger partial charge in [0.15, 0.2) is 0 Å². The summed E-state index contributed by atoms with van der Waals surface area (Å²) < 4.78 is 0. The number of hydrogen-bond acceptors (Lipinski definition) is 3. The average Bonchev–Trinajstić information content (AvgIpc) is 2.19. The number of aromatic nitrogens is 1. The smallest absolute Gasteiger partial charge is 0.109 e. The van der Waals surface area contributed by atoms with Crippen LogP contribution in [0.1, 0.15) is 24.2 Å². The lowest BCUT2D eigenvalue weighted by Crippen LogP contribution is -2.40. The topological polar surface area (TPSA) is 45.1 Å². The van der Waals surface area contributed by atoms with Gasteiger partial charge in [-0.2, -0.15) is 0 Å². The highest BCUT2D eigenvalue weighted by Crippen LogP contribution is 2.28. The van der Waals surface area contributed by atoms with Crippen molar-refractivity contribution in [1.82, 2.24) is 10.3 Å². The molecule has 0 aromatic carbocycles. The maximum atomic E-state index is 10.4. The van der Waals surface area contributed by atoms with Crippen molar-refractivity contribution in [3.8, 4) is 0 Å². The summed E-state index contributed by atoms with van der Waals surface area (Å²) in [7, 11) is 0. The number of aliphatic hydroxyl groups is 1. The molecule has 0 aliphatic carbocycles. The second kappa shape index (κ2) is 3.67. The number of aryl methyl sites for hydroxylation is 1. The number of nitrogens with zero attached hydrogens (tertiary/aromatic N) is 1. The van der Waals surface area contributed by atoms with Crippen molar-refractivity contribution in [2.75, 3.05) is 13.1 Å². The Kier molecular flexibility index (Phi) is 2.52. The SMILES string of the molecule is Cc1cccc(C2(O)CCNCC2)n1. The van der Waals surface area contributed by atoms with E-state index < -0.39 is 5.60 Å². The fourth-order valence-corrected chi connectivity index (χ4v) is 1.90. The number of piperidine rings is 1. The van der Waals surface area contributed by atoms with E-state index >= 15 is 0 Å². The van der Waals surface area contributed by atoms with E-state index in [1.54, 1.807) is 0 Å². The Balaban J connectivity index is 2.28. The fourth-order valence-electron chi connectivity index (χ4n) is 1.90. The van der Waals surface area contributed by atoms with Gasteiger partial charge < -0.3 is 10.4 Å². The van der Waals surface area contributed by atoms with Crippen LogP contribution in [-0.4, -0.2) is 23.2 Å². The Morgan fingerprint density at radius 2 is 2.07 bits per heavy atom. The van der Waals surface area contributed by atoms with E-state index in [0.717, 1.165) is 37.3 Å². The largest absolute Gasteiger partial charge is 0.383 e. The highest BCUT2D eigenvalue weighted by molar-refractivity contribution is 5.17. The molecule has 1 aromatic heterocycles. The number of hydrogen-bond donors (Lipinski definition) is 2. The van der Waals surface area contributed by atoms with Crippen molar-refractivity contribution >= 4 is 0 Å². The Labute approximate surface area is 84.2 Å². The quantitative estimate of drug-likeness (QED) is 0.696. The summed E-state index contributed by atoms with van der Waals surface area (Å²) >= 11 is 0. The molecule has 14 heavy (non-hydrogen) atoms. The van der Waals surface area contributed by atoms with Crippen LogP contribution in [0, 0.1) is 6.92 Å². The third-order valence-electron chi connectivity index (χ3n) is 2.80. The van der Waals surface area contributed by atoms with Crippen molar-refractivity contribution in [2.45, 2.75) is 25.4 Å². The normalized spacial score (nSPS) is 20.7. The maximum absolute atomic E-state index is 10.4. The van der Waals surface area contributed by atoms with E-state index in [9.17, 15) is 5.11 Å². The molecule has 1 aromatic rings. The van der Waals surface area contributed by atoms with Gasteiger partial charge in [-0.25, -0.2) is 0 Å². The molecule has 0 unspecified atom stereocenters. The number of pyridine rings is 1. The van der Waals surface area contributed by atoms with Crippen LogP contribution in [0.3, 0.4) is 0 Å². The van der Waals surface area contributed by atoms with Crippen molar-refractivity contribution in [2.24, 2.45) is 0 Å². The lowest BCUT2D eigenvalue weighted by atomic mass is 9.88. The van der Waals surface area contributed by atoms with Crippen LogP contribution in [0.4, 0.5) is 0 Å². The maximum Gasteiger partial charge on any atom is 0.109 e. The summed E-state index contributed by atoms with van der Waals surface area (Å²) in [5, 5.41) is 13.6. The summed E-state index contributed by atoms with van der Waals surface area (Å²) in [6.07, 6.45) is 1.51. The first-order valence-corrected chi connectivity index (χ1v) is 5.08. The van der Waals surface area contributed by atoms with E-state index in [0.29, 0.717) is 0 Å². The van der Waals surface area contributed by atoms with Crippen LogP contribution in [0.25, 0.3) is 0 Å². The van der Waals surface area contributed by atoms with Crippen LogP contribution in [0.2, 0.25) is 0 Å². The van der Waals surface area contributed by atoms with E-state index in [-0.39, 0.29) is 0 Å². The molecule has 0 atom stereocenters. The predicted molar refractivity (Wildman–Crippen MR) is 55.0 cm³/mol. The molecule has 1 saturated heterocycles. The van der Waals surface area contributed by atoms with Crippen molar-refractivity contribution in [3.63, 3.8) is 0 Å². The molecule has 0 amide bonds. The molecule has 1 fully saturated rings. The van der Waals surface area contributed by atoms with Gasteiger partial charge in [0.05, 0.1) is 5.69 Å². The zero-order chi connectivity index (χ0) is 10.0. The molecule has 1 aliphatic rings. The third kappa shape index (κ3) is 1.79. The van der Waals surface area contributed by atoms with Crippen molar-refractivity contribution in [1.29, 1.82) is 0 Å². The highest BCUT2D eigenvalue weighted by Gasteiger charge is 2.32. The summed E-state index contributed by atoms with van der Waals surface area (Å²) in [5.41, 5.74) is 1.07.